The van der Waals surface area contributed by atoms with Gasteiger partial charge >= 0.3 is 0 Å². The first-order valence-corrected chi connectivity index (χ1v) is 5.38. The van der Waals surface area contributed by atoms with Crippen molar-refractivity contribution in [2.45, 2.75) is 63.5 Å². The summed E-state index contributed by atoms with van der Waals surface area (Å²) in [5, 5.41) is 10.5. The lowest BCUT2D eigenvalue weighted by atomic mass is 9.66. The molecule has 2 heteroatoms. The molecule has 2 fully saturated rings. The van der Waals surface area contributed by atoms with Crippen LogP contribution in [0.5, 0.6) is 0 Å². The van der Waals surface area contributed by atoms with Gasteiger partial charge in [0, 0.05) is 5.54 Å². The zero-order valence-corrected chi connectivity index (χ0v) is 8.77. The van der Waals surface area contributed by atoms with Crippen LogP contribution < -0.4 is 5.73 Å². The van der Waals surface area contributed by atoms with Gasteiger partial charge in [-0.25, -0.2) is 0 Å². The molecule has 0 amide bonds. The van der Waals surface area contributed by atoms with Gasteiger partial charge < -0.3 is 10.8 Å². The molecule has 0 bridgehead atoms. The van der Waals surface area contributed by atoms with Crippen LogP contribution in [-0.4, -0.2) is 16.2 Å². The molecule has 2 rings (SSSR count). The third-order valence-corrected chi connectivity index (χ3v) is 3.93. The molecule has 0 heterocycles. The maximum atomic E-state index is 10.5. The molecule has 76 valence electrons. The van der Waals surface area contributed by atoms with Crippen LogP contribution in [0.2, 0.25) is 0 Å². The molecule has 0 saturated heterocycles. The third kappa shape index (κ3) is 1.50. The molecule has 0 aliphatic heterocycles. The van der Waals surface area contributed by atoms with Crippen molar-refractivity contribution in [3.63, 3.8) is 0 Å². The summed E-state index contributed by atoms with van der Waals surface area (Å²) in [6, 6.07) is 0. The van der Waals surface area contributed by atoms with E-state index in [1.807, 2.05) is 0 Å². The molecule has 0 aromatic heterocycles. The molecule has 1 unspecified atom stereocenters. The third-order valence-electron chi connectivity index (χ3n) is 3.93. The molecule has 0 aromatic rings. The van der Waals surface area contributed by atoms with E-state index in [4.69, 9.17) is 5.73 Å². The molecular formula is C11H21NO. The molecule has 3 N–H and O–H groups in total. The zero-order valence-electron chi connectivity index (χ0n) is 8.77. The van der Waals surface area contributed by atoms with Crippen molar-refractivity contribution in [1.29, 1.82) is 0 Å². The average Bonchev–Trinajstić information content (AvgIpc) is 2.66. The minimum Gasteiger partial charge on any atom is -0.388 e. The van der Waals surface area contributed by atoms with E-state index in [0.29, 0.717) is 0 Å². The van der Waals surface area contributed by atoms with Crippen LogP contribution in [0.3, 0.4) is 0 Å². The van der Waals surface area contributed by atoms with Crippen molar-refractivity contribution in [2.75, 3.05) is 0 Å². The first-order chi connectivity index (χ1) is 5.87. The van der Waals surface area contributed by atoms with Crippen LogP contribution in [0.15, 0.2) is 0 Å². The van der Waals surface area contributed by atoms with Crippen LogP contribution in [0, 0.1) is 5.41 Å². The van der Waals surface area contributed by atoms with Gasteiger partial charge in [-0.2, -0.15) is 0 Å². The first kappa shape index (κ1) is 9.47. The zero-order chi connectivity index (χ0) is 9.74. The molecule has 2 nitrogen and oxygen atoms in total. The smallest absolute Gasteiger partial charge is 0.0831 e. The lowest BCUT2D eigenvalue weighted by Gasteiger charge is -2.45. The van der Waals surface area contributed by atoms with E-state index < -0.39 is 5.60 Å². The molecular weight excluding hydrogens is 162 g/mol. The fourth-order valence-electron chi connectivity index (χ4n) is 2.85. The van der Waals surface area contributed by atoms with Crippen molar-refractivity contribution >= 4 is 0 Å². The second-order valence-corrected chi connectivity index (χ2v) is 5.88. The second-order valence-electron chi connectivity index (χ2n) is 5.88. The van der Waals surface area contributed by atoms with E-state index in [0.717, 1.165) is 32.1 Å². The second kappa shape index (κ2) is 2.48. The van der Waals surface area contributed by atoms with Gasteiger partial charge in [0.15, 0.2) is 0 Å². The Morgan fingerprint density at radius 2 is 1.69 bits per heavy atom. The number of hydrogen-bond acceptors (Lipinski definition) is 2. The Balaban J connectivity index is 2.14. The maximum Gasteiger partial charge on any atom is 0.0831 e. The molecule has 13 heavy (non-hydrogen) atoms. The summed E-state index contributed by atoms with van der Waals surface area (Å²) in [7, 11) is 0. The monoisotopic (exact) mass is 183 g/mol. The predicted octanol–water partition coefficient (Wildman–Crippen LogP) is 1.81. The largest absolute Gasteiger partial charge is 0.388 e. The molecule has 2 saturated carbocycles. The Kier molecular flexibility index (Phi) is 1.81. The summed E-state index contributed by atoms with van der Waals surface area (Å²) in [4.78, 5) is 0. The summed E-state index contributed by atoms with van der Waals surface area (Å²) in [6.07, 6.45) is 6.18. The molecule has 0 radical (unpaired) electrons. The predicted molar refractivity (Wildman–Crippen MR) is 53.4 cm³/mol. The maximum absolute atomic E-state index is 10.5. The Morgan fingerprint density at radius 3 is 2.15 bits per heavy atom. The fraction of sp³-hybridized carbons (Fsp3) is 1.00. The summed E-state index contributed by atoms with van der Waals surface area (Å²) in [5.74, 6) is 0. The van der Waals surface area contributed by atoms with Gasteiger partial charge in [-0.1, -0.05) is 13.8 Å². The Bertz CT molecular complexity index is 220. The van der Waals surface area contributed by atoms with Crippen molar-refractivity contribution in [1.82, 2.24) is 0 Å². The summed E-state index contributed by atoms with van der Waals surface area (Å²) in [6.45, 7) is 4.48. The highest BCUT2D eigenvalue weighted by Gasteiger charge is 2.58. The standard InChI is InChI=1S/C11H21NO/c1-9(2)4-3-5-11(13,8-9)10(12)6-7-10/h13H,3-8,12H2,1-2H3. The van der Waals surface area contributed by atoms with Crippen LogP contribution in [0.25, 0.3) is 0 Å². The number of rotatable bonds is 1. The number of aliphatic hydroxyl groups is 1. The SMILES string of the molecule is CC1(C)CCCC(O)(C2(N)CC2)C1. The molecule has 2 aliphatic rings. The average molecular weight is 183 g/mol. The van der Waals surface area contributed by atoms with Crippen LogP contribution >= 0.6 is 0 Å². The van der Waals surface area contributed by atoms with Gasteiger partial charge in [0.1, 0.15) is 0 Å². The highest BCUT2D eigenvalue weighted by Crippen LogP contribution is 2.53. The lowest BCUT2D eigenvalue weighted by Crippen LogP contribution is -2.54. The Morgan fingerprint density at radius 1 is 1.08 bits per heavy atom. The van der Waals surface area contributed by atoms with Crippen molar-refractivity contribution in [3.8, 4) is 0 Å². The molecule has 0 aromatic carbocycles. The molecule has 0 spiro atoms. The highest BCUT2D eigenvalue weighted by molar-refractivity contribution is 5.15. The van der Waals surface area contributed by atoms with Crippen molar-refractivity contribution in [2.24, 2.45) is 11.1 Å². The number of nitrogens with two attached hydrogens (primary N) is 1. The number of hydrogen-bond donors (Lipinski definition) is 2. The normalized spacial score (nSPS) is 41.5. The molecule has 2 aliphatic carbocycles. The van der Waals surface area contributed by atoms with Crippen LogP contribution in [0.1, 0.15) is 52.4 Å². The van der Waals surface area contributed by atoms with Crippen molar-refractivity contribution in [3.05, 3.63) is 0 Å². The van der Waals surface area contributed by atoms with Crippen LogP contribution in [-0.2, 0) is 0 Å². The van der Waals surface area contributed by atoms with Crippen molar-refractivity contribution < 1.29 is 5.11 Å². The van der Waals surface area contributed by atoms with E-state index >= 15 is 0 Å². The fourth-order valence-corrected chi connectivity index (χ4v) is 2.85. The summed E-state index contributed by atoms with van der Waals surface area (Å²) in [5.41, 5.74) is 5.61. The summed E-state index contributed by atoms with van der Waals surface area (Å²) < 4.78 is 0. The highest BCUT2D eigenvalue weighted by atomic mass is 16.3. The van der Waals surface area contributed by atoms with Gasteiger partial charge in [-0.05, 0) is 43.9 Å². The minimum atomic E-state index is -0.561. The van der Waals surface area contributed by atoms with E-state index in [-0.39, 0.29) is 11.0 Å². The quantitative estimate of drug-likeness (QED) is 0.651. The van der Waals surface area contributed by atoms with E-state index in [1.54, 1.807) is 0 Å². The summed E-state index contributed by atoms with van der Waals surface area (Å²) >= 11 is 0. The first-order valence-electron chi connectivity index (χ1n) is 5.38. The van der Waals surface area contributed by atoms with E-state index in [9.17, 15) is 5.11 Å². The van der Waals surface area contributed by atoms with E-state index in [1.165, 1.54) is 6.42 Å². The Hall–Kier alpha value is -0.0800. The van der Waals surface area contributed by atoms with Gasteiger partial charge in [0.25, 0.3) is 0 Å². The van der Waals surface area contributed by atoms with Gasteiger partial charge in [-0.15, -0.1) is 0 Å². The topological polar surface area (TPSA) is 46.2 Å². The van der Waals surface area contributed by atoms with Crippen LogP contribution in [0.4, 0.5) is 0 Å². The van der Waals surface area contributed by atoms with Gasteiger partial charge in [-0.3, -0.25) is 0 Å². The molecule has 1 atom stereocenters. The lowest BCUT2D eigenvalue weighted by molar-refractivity contribution is -0.0659. The Labute approximate surface area is 80.5 Å². The van der Waals surface area contributed by atoms with Gasteiger partial charge in [0.05, 0.1) is 5.60 Å². The van der Waals surface area contributed by atoms with E-state index in [2.05, 4.69) is 13.8 Å². The minimum absolute atomic E-state index is 0.231. The van der Waals surface area contributed by atoms with Gasteiger partial charge in [0.2, 0.25) is 0 Å².